The first-order valence-electron chi connectivity index (χ1n) is 10.9. The Bertz CT molecular complexity index is 1590. The molecule has 0 aliphatic rings. The minimum atomic E-state index is -4.58. The first-order chi connectivity index (χ1) is 16.7. The summed E-state index contributed by atoms with van der Waals surface area (Å²) >= 11 is 0. The molecule has 0 aliphatic carbocycles. The second kappa shape index (κ2) is 8.47. The van der Waals surface area contributed by atoms with E-state index in [1.54, 1.807) is 42.5 Å². The van der Waals surface area contributed by atoms with E-state index in [0.717, 1.165) is 22.5 Å². The van der Waals surface area contributed by atoms with Crippen molar-refractivity contribution in [2.45, 2.75) is 13.1 Å². The normalized spacial score (nSPS) is 11.7. The van der Waals surface area contributed by atoms with Crippen LogP contribution in [0.1, 0.15) is 21.7 Å². The average molecular weight is 474 g/mol. The lowest BCUT2D eigenvalue weighted by atomic mass is 10.1. The molecule has 8 heteroatoms. The van der Waals surface area contributed by atoms with Crippen molar-refractivity contribution in [3.8, 4) is 0 Å². The van der Waals surface area contributed by atoms with Gasteiger partial charge in [-0.2, -0.15) is 13.2 Å². The van der Waals surface area contributed by atoms with E-state index in [0.29, 0.717) is 22.5 Å². The summed E-state index contributed by atoms with van der Waals surface area (Å²) in [5.41, 5.74) is 3.10. The lowest BCUT2D eigenvalue weighted by molar-refractivity contribution is -0.140. The smallest absolute Gasteiger partial charge is 0.355 e. The lowest BCUT2D eigenvalue weighted by Crippen LogP contribution is -2.15. The zero-order chi connectivity index (χ0) is 24.7. The van der Waals surface area contributed by atoms with Gasteiger partial charge in [0.15, 0.2) is 0 Å². The number of alkyl halides is 3. The van der Waals surface area contributed by atoms with E-state index < -0.39 is 11.9 Å². The predicted molar refractivity (Wildman–Crippen MR) is 132 cm³/mol. The molecule has 0 atom stereocenters. The zero-order valence-corrected chi connectivity index (χ0v) is 18.9. The van der Waals surface area contributed by atoms with Crippen LogP contribution < -0.4 is 10.6 Å². The molecule has 176 valence electrons. The monoisotopic (exact) mass is 474 g/mol. The number of carbonyl (C=O) groups is 1. The van der Waals surface area contributed by atoms with Crippen LogP contribution in [0, 0.1) is 6.92 Å². The fourth-order valence-electron chi connectivity index (χ4n) is 4.18. The number of anilines is 3. The Morgan fingerprint density at radius 3 is 2.40 bits per heavy atom. The summed E-state index contributed by atoms with van der Waals surface area (Å²) in [6.07, 6.45) is -4.58. The fraction of sp³-hybridized carbons (Fsp3) is 0.111. The van der Waals surface area contributed by atoms with E-state index in [4.69, 9.17) is 0 Å². The van der Waals surface area contributed by atoms with E-state index >= 15 is 0 Å². The number of aromatic nitrogens is 2. The molecular formula is C27H21F3N4O. The van der Waals surface area contributed by atoms with Gasteiger partial charge in [0, 0.05) is 34.7 Å². The highest BCUT2D eigenvalue weighted by Gasteiger charge is 2.33. The summed E-state index contributed by atoms with van der Waals surface area (Å²) in [4.78, 5) is 16.8. The number of nitrogens with one attached hydrogen (secondary N) is 2. The van der Waals surface area contributed by atoms with Crippen molar-refractivity contribution in [2.24, 2.45) is 7.05 Å². The number of halogens is 3. The van der Waals surface area contributed by atoms with Gasteiger partial charge in [-0.15, -0.1) is 0 Å². The zero-order valence-electron chi connectivity index (χ0n) is 18.9. The Morgan fingerprint density at radius 2 is 1.63 bits per heavy atom. The Morgan fingerprint density at radius 1 is 0.886 bits per heavy atom. The van der Waals surface area contributed by atoms with E-state index in [-0.39, 0.29) is 17.1 Å². The maximum absolute atomic E-state index is 13.4. The highest BCUT2D eigenvalue weighted by Crippen LogP contribution is 2.34. The third-order valence-corrected chi connectivity index (χ3v) is 5.94. The Labute approximate surface area is 199 Å². The quantitative estimate of drug-likeness (QED) is 0.293. The van der Waals surface area contributed by atoms with Crippen LogP contribution in [0.5, 0.6) is 0 Å². The van der Waals surface area contributed by atoms with Crippen molar-refractivity contribution < 1.29 is 18.0 Å². The van der Waals surface area contributed by atoms with Gasteiger partial charge in [0.2, 0.25) is 0 Å². The molecule has 0 radical (unpaired) electrons. The molecule has 0 spiro atoms. The van der Waals surface area contributed by atoms with Crippen LogP contribution in [0.25, 0.3) is 21.8 Å². The number of para-hydroxylation sites is 1. The Balaban J connectivity index is 1.45. The number of carbonyl (C=O) groups excluding carboxylic acids is 1. The van der Waals surface area contributed by atoms with E-state index in [1.165, 1.54) is 6.07 Å². The van der Waals surface area contributed by atoms with E-state index in [2.05, 4.69) is 15.6 Å². The summed E-state index contributed by atoms with van der Waals surface area (Å²) < 4.78 is 42.0. The van der Waals surface area contributed by atoms with E-state index in [1.807, 2.05) is 42.8 Å². The molecule has 0 bridgehead atoms. The first-order valence-corrected chi connectivity index (χ1v) is 10.9. The summed E-state index contributed by atoms with van der Waals surface area (Å²) in [6.45, 7) is 1.99. The molecule has 2 aromatic heterocycles. The van der Waals surface area contributed by atoms with Crippen molar-refractivity contribution in [3.05, 3.63) is 95.8 Å². The summed E-state index contributed by atoms with van der Waals surface area (Å²) in [5, 5.41) is 7.50. The molecule has 5 rings (SSSR count). The number of fused-ring (bicyclic) bond motifs is 2. The van der Waals surface area contributed by atoms with Crippen molar-refractivity contribution in [1.82, 2.24) is 9.55 Å². The summed E-state index contributed by atoms with van der Waals surface area (Å²) in [6, 6.07) is 22.2. The highest BCUT2D eigenvalue weighted by atomic mass is 19.4. The largest absolute Gasteiger partial charge is 0.433 e. The van der Waals surface area contributed by atoms with Crippen LogP contribution in [-0.4, -0.2) is 15.5 Å². The molecule has 5 aromatic rings. The molecule has 1 amide bonds. The van der Waals surface area contributed by atoms with Gasteiger partial charge in [-0.25, -0.2) is 4.98 Å². The molecule has 0 unspecified atom stereocenters. The van der Waals surface area contributed by atoms with Gasteiger partial charge in [0.1, 0.15) is 11.4 Å². The molecule has 0 aliphatic heterocycles. The van der Waals surface area contributed by atoms with Gasteiger partial charge >= 0.3 is 6.18 Å². The minimum absolute atomic E-state index is 0.236. The van der Waals surface area contributed by atoms with Crippen LogP contribution in [0.15, 0.2) is 78.9 Å². The van der Waals surface area contributed by atoms with Gasteiger partial charge in [-0.1, -0.05) is 36.4 Å². The van der Waals surface area contributed by atoms with Crippen LogP contribution in [0.4, 0.5) is 30.2 Å². The summed E-state index contributed by atoms with van der Waals surface area (Å²) in [7, 11) is 1.83. The maximum atomic E-state index is 13.4. The molecule has 0 saturated heterocycles. The highest BCUT2D eigenvalue weighted by molar-refractivity contribution is 6.07. The van der Waals surface area contributed by atoms with Gasteiger partial charge in [0.05, 0.1) is 11.2 Å². The summed E-state index contributed by atoms with van der Waals surface area (Å²) in [5.74, 6) is -0.283. The average Bonchev–Trinajstić information content (AvgIpc) is 3.17. The van der Waals surface area contributed by atoms with Gasteiger partial charge < -0.3 is 15.2 Å². The molecule has 0 fully saturated rings. The Hall–Kier alpha value is -4.33. The van der Waals surface area contributed by atoms with Crippen LogP contribution >= 0.6 is 0 Å². The standard InChI is InChI=1S/C27H21F3N4O/c1-16-7-5-12-23-20(16)14-24(34(23)2)26(35)32-18-9-6-8-17(13-18)31-22-15-25(27(28,29)30)33-21-11-4-3-10-19(21)22/h3-15H,1-2H3,(H,31,33)(H,32,35). The maximum Gasteiger partial charge on any atom is 0.433 e. The minimum Gasteiger partial charge on any atom is -0.355 e. The first kappa shape index (κ1) is 22.5. The van der Waals surface area contributed by atoms with Crippen molar-refractivity contribution >= 4 is 44.8 Å². The molecule has 35 heavy (non-hydrogen) atoms. The van der Waals surface area contributed by atoms with Crippen LogP contribution in [-0.2, 0) is 13.2 Å². The second-order valence-corrected chi connectivity index (χ2v) is 8.33. The lowest BCUT2D eigenvalue weighted by Gasteiger charge is -2.14. The van der Waals surface area contributed by atoms with Crippen molar-refractivity contribution in [1.29, 1.82) is 0 Å². The fourth-order valence-corrected chi connectivity index (χ4v) is 4.18. The van der Waals surface area contributed by atoms with Crippen LogP contribution in [0.3, 0.4) is 0 Å². The number of benzene rings is 3. The van der Waals surface area contributed by atoms with E-state index in [9.17, 15) is 18.0 Å². The third-order valence-electron chi connectivity index (χ3n) is 5.94. The van der Waals surface area contributed by atoms with Crippen molar-refractivity contribution in [3.63, 3.8) is 0 Å². The molecule has 0 saturated carbocycles. The Kier molecular flexibility index (Phi) is 5.43. The number of pyridine rings is 1. The molecule has 3 aromatic carbocycles. The van der Waals surface area contributed by atoms with Gasteiger partial charge in [-0.05, 0) is 55.0 Å². The third kappa shape index (κ3) is 4.30. The number of nitrogens with zero attached hydrogens (tertiary/aromatic N) is 2. The number of hydrogen-bond donors (Lipinski definition) is 2. The predicted octanol–water partition coefficient (Wildman–Crippen LogP) is 7.05. The van der Waals surface area contributed by atoms with Gasteiger partial charge in [-0.3, -0.25) is 4.79 Å². The SMILES string of the molecule is Cc1cccc2c1cc(C(=O)Nc1cccc(Nc3cc(C(F)(F)F)nc4ccccc34)c1)n2C. The van der Waals surface area contributed by atoms with Gasteiger partial charge in [0.25, 0.3) is 5.91 Å². The van der Waals surface area contributed by atoms with Crippen molar-refractivity contribution in [2.75, 3.05) is 10.6 Å². The number of hydrogen-bond acceptors (Lipinski definition) is 3. The second-order valence-electron chi connectivity index (χ2n) is 8.33. The molecule has 2 N–H and O–H groups in total. The number of aryl methyl sites for hydroxylation is 2. The molecule has 2 heterocycles. The molecular weight excluding hydrogens is 453 g/mol. The molecule has 5 nitrogen and oxygen atoms in total. The number of amides is 1. The van der Waals surface area contributed by atoms with Crippen LogP contribution in [0.2, 0.25) is 0 Å². The topological polar surface area (TPSA) is 59.0 Å². The number of rotatable bonds is 4.